The average Bonchev–Trinajstić information content (AvgIpc) is 2.23. The van der Waals surface area contributed by atoms with Gasteiger partial charge >= 0.3 is 0 Å². The molecule has 10 radical (unpaired) electrons. The molecule has 0 saturated carbocycles. The first-order chi connectivity index (χ1) is 8.49. The van der Waals surface area contributed by atoms with Gasteiger partial charge in [0.05, 0.1) is 37.8 Å². The second kappa shape index (κ2) is 5180. The summed E-state index contributed by atoms with van der Waals surface area (Å²) in [5.74, 6) is 0. The minimum Gasteiger partial charge on any atom is -0.839 e. The first-order valence-corrected chi connectivity index (χ1v) is 9.50. The van der Waals surface area contributed by atoms with Crippen LogP contribution < -0.4 is 29.4 Å². The Balaban J connectivity index is -0.000000000360. The van der Waals surface area contributed by atoms with Gasteiger partial charge in [-0.2, -0.15) is 0 Å². The van der Waals surface area contributed by atoms with Crippen molar-refractivity contribution in [1.29, 1.82) is 0 Å². The predicted molar refractivity (Wildman–Crippen MR) is 448 cm³/mol. The molecule has 6 atom stereocenters. The Morgan fingerprint density at radius 3 is 0.139 bits per heavy atom. The third-order valence-electron chi connectivity index (χ3n) is 0. The van der Waals surface area contributed by atoms with E-state index in [2.05, 4.69) is 37.8 Å². The van der Waals surface area contributed by atoms with Crippen molar-refractivity contribution in [3.8, 4) is 0 Å². The average molecular weight is 1220 g/mol. The highest BCUT2D eigenvalue weighted by Gasteiger charge is 1.17. The van der Waals surface area contributed by atoms with Gasteiger partial charge in [-0.3, -0.25) is 43.4 Å². The van der Waals surface area contributed by atoms with Crippen LogP contribution in [0.5, 0.6) is 0 Å². The van der Waals surface area contributed by atoms with E-state index in [9.17, 15) is 0 Å². The van der Waals surface area contributed by atoms with E-state index in [1.165, 1.54) is 0 Å². The van der Waals surface area contributed by atoms with Crippen molar-refractivity contribution in [3.63, 3.8) is 0 Å². The van der Waals surface area contributed by atoms with E-state index in [1.807, 2.05) is 0 Å². The summed E-state index contributed by atoms with van der Waals surface area (Å²) in [7, 11) is 18.1. The number of hydrogen-bond acceptors (Lipinski definition) is 6. The number of rotatable bonds is 0. The first-order valence-electron chi connectivity index (χ1n) is 3.17. The standard InChI is InChI=1S/CH4OP.54CH4.5BHOP/c1-3-2;;;;;;;;;;;;;;;;;;;;;;;;;;;;;;;;;;;;;;;;;;;;;;;;;;;;;;;5*1-3-2/h3H,1H3;54*1H4;5*3H/q-1;;;;;;;;;;;;;;;;;;;;;;;;;;;;;;;;;;;;;;;;;;;;;;;;;;;;;;;5*-1. The molecule has 0 aliphatic heterocycles. The highest BCUT2D eigenvalue weighted by molar-refractivity contribution is 7.60. The van der Waals surface area contributed by atoms with E-state index >= 15 is 0 Å². The quantitative estimate of drug-likeness (QED) is 0.175. The molecule has 0 rings (SSSR count). The highest BCUT2D eigenvalue weighted by Crippen LogP contribution is 1.73. The Kier molecular flexibility index (Phi) is 136000. The maximum absolute atomic E-state index is 8.96. The lowest BCUT2D eigenvalue weighted by molar-refractivity contribution is -0.149. The minimum absolute atomic E-state index is 0. The maximum Gasteiger partial charge on any atom is 0.0821 e. The molecule has 72 heavy (non-hydrogen) atoms. The van der Waals surface area contributed by atoms with Crippen molar-refractivity contribution >= 4 is 90.1 Å². The number of hydrogen-bond donors (Lipinski definition) is 0. The Bertz CT molecular complexity index is 99.1. The van der Waals surface area contributed by atoms with E-state index in [1.54, 1.807) is 6.66 Å². The van der Waals surface area contributed by atoms with Gasteiger partial charge in [0.25, 0.3) is 0 Å². The zero-order chi connectivity index (χ0) is 16.2. The van der Waals surface area contributed by atoms with Crippen LogP contribution in [-0.2, 0) is 0 Å². The van der Waals surface area contributed by atoms with E-state index in [0.29, 0.717) is 0 Å². The lowest BCUT2D eigenvalue weighted by Crippen LogP contribution is -1.73. The largest absolute Gasteiger partial charge is 0.839 e. The van der Waals surface area contributed by atoms with Crippen LogP contribution >= 0.6 is 52.2 Å². The van der Waals surface area contributed by atoms with Crippen LogP contribution in [0.3, 0.4) is 0 Å². The zero-order valence-corrected chi connectivity index (χ0v) is 15.3. The topological polar surface area (TPSA) is 138 Å². The molecule has 532 valence electrons. The van der Waals surface area contributed by atoms with E-state index in [-0.39, 0.29) is 410 Å². The Hall–Kier alpha value is 2.66. The van der Waals surface area contributed by atoms with Gasteiger partial charge in [0.2, 0.25) is 0 Å². The molecule has 6 nitrogen and oxygen atoms in total. The summed E-state index contributed by atoms with van der Waals surface area (Å²) in [6.07, 6.45) is 0. The van der Waals surface area contributed by atoms with Gasteiger partial charge in [0.15, 0.2) is 0 Å². The molecule has 0 N–H and O–H groups in total. The molecule has 0 heterocycles. The van der Waals surface area contributed by atoms with Gasteiger partial charge in [0, 0.05) is 0 Å². The van der Waals surface area contributed by atoms with Crippen molar-refractivity contribution in [2.24, 2.45) is 0 Å². The smallest absolute Gasteiger partial charge is 0.0821 e. The van der Waals surface area contributed by atoms with Gasteiger partial charge in [-0.1, -0.05) is 408 Å². The van der Waals surface area contributed by atoms with Crippen molar-refractivity contribution in [1.82, 2.24) is 0 Å². The van der Waals surface area contributed by atoms with Crippen molar-refractivity contribution in [2.45, 2.75) is 401 Å². The molecule has 0 aromatic carbocycles. The molecule has 17 heteroatoms. The van der Waals surface area contributed by atoms with Crippen LogP contribution in [0.2, 0.25) is 0 Å². The van der Waals surface area contributed by atoms with Crippen LogP contribution in [0.15, 0.2) is 0 Å². The lowest BCUT2D eigenvalue weighted by Gasteiger charge is -1.82. The maximum atomic E-state index is 8.96. The molecule has 0 aromatic heterocycles. The van der Waals surface area contributed by atoms with Crippen LogP contribution in [0, 0.1) is 0 Å². The monoisotopic (exact) mass is 1220 g/mol. The summed E-state index contributed by atoms with van der Waals surface area (Å²) in [5.41, 5.74) is 0. The Morgan fingerprint density at radius 1 is 0.139 bits per heavy atom. The lowest BCUT2D eigenvalue weighted by atomic mass is 10.8. The van der Waals surface area contributed by atoms with Crippen LogP contribution in [0.25, 0.3) is 0 Å². The molecular formula is C55H225B5O6P6-6. The molecule has 0 aliphatic carbocycles. The third-order valence-corrected chi connectivity index (χ3v) is 0. The molecule has 0 aliphatic rings. The summed E-state index contributed by atoms with van der Waals surface area (Å²) in [5, 5.41) is 0. The zero-order valence-electron chi connectivity index (χ0n) is 9.34. The fraction of sp³-hybridized carbons (Fsp3) is 1.00. The second-order valence-corrected chi connectivity index (χ2v) is 2.38. The molecular weight excluding hydrogens is 997 g/mol. The summed E-state index contributed by atoms with van der Waals surface area (Å²) >= 11 is 0. The molecule has 0 bridgehead atoms. The fourth-order valence-electron chi connectivity index (χ4n) is 0. The summed E-state index contributed by atoms with van der Waals surface area (Å²) in [6, 6.07) is 0. The van der Waals surface area contributed by atoms with Gasteiger partial charge in [-0.25, -0.2) is 8.81 Å². The normalized spacial score (nSPS) is 2.43. The third kappa shape index (κ3) is 52600. The molecule has 0 aromatic rings. The van der Waals surface area contributed by atoms with E-state index in [4.69, 9.17) is 29.4 Å². The fourth-order valence-corrected chi connectivity index (χ4v) is 0. The summed E-state index contributed by atoms with van der Waals surface area (Å²) < 4.78 is 0. The summed E-state index contributed by atoms with van der Waals surface area (Å²) in [4.78, 5) is 52.6. The molecule has 0 spiro atoms. The van der Waals surface area contributed by atoms with Gasteiger partial charge < -0.3 is 29.4 Å². The first kappa shape index (κ1) is 1880. The Labute approximate surface area is 524 Å². The second-order valence-electron chi connectivity index (χ2n) is 0.793. The van der Waals surface area contributed by atoms with Gasteiger partial charge in [-0.15, -0.1) is 0 Å². The van der Waals surface area contributed by atoms with E-state index in [0.717, 1.165) is 0 Å². The molecule has 0 saturated heterocycles. The minimum atomic E-state index is -0.667. The van der Waals surface area contributed by atoms with Crippen LogP contribution in [0.4, 0.5) is 0 Å². The summed E-state index contributed by atoms with van der Waals surface area (Å²) in [6.45, 7) is 1.60. The van der Waals surface area contributed by atoms with Gasteiger partial charge in [0.1, 0.15) is 0 Å². The van der Waals surface area contributed by atoms with Crippen LogP contribution in [0.1, 0.15) is 401 Å². The molecule has 0 fully saturated rings. The molecule has 6 unspecified atom stereocenters. The van der Waals surface area contributed by atoms with Crippen molar-refractivity contribution in [3.05, 3.63) is 0 Å². The van der Waals surface area contributed by atoms with Gasteiger partial charge in [-0.05, 0) is 0 Å². The van der Waals surface area contributed by atoms with Crippen molar-refractivity contribution < 1.29 is 29.4 Å². The SMILES string of the molecule is C.C.C.C.C.C.C.C.C.C.C.C.C.C.C.C.C.C.C.C.C.C.C.C.C.C.C.C.C.C.C.C.C.C.C.C.C.C.C.C.C.C.C.C.C.C.C.C.C.C.C.C.C.C.CP[O-].[B]P[O-].[B]P[O-].[B]P[O-].[B]P[O-].[B]P[O-]. The van der Waals surface area contributed by atoms with Crippen LogP contribution in [-0.4, -0.2) is 44.5 Å². The highest BCUT2D eigenvalue weighted by atomic mass is 31.1. The molecule has 0 amide bonds. The predicted octanol–water partition coefficient (Wildman–Crippen LogP) is 29.0. The van der Waals surface area contributed by atoms with E-state index < -0.39 is 43.4 Å². The Morgan fingerprint density at radius 2 is 0.139 bits per heavy atom. The van der Waals surface area contributed by atoms with Crippen molar-refractivity contribution in [2.75, 3.05) is 6.66 Å².